The predicted molar refractivity (Wildman–Crippen MR) is 118 cm³/mol. The predicted octanol–water partition coefficient (Wildman–Crippen LogP) is 5.08. The summed E-state index contributed by atoms with van der Waals surface area (Å²) in [5.74, 6) is 6.57. The van der Waals surface area contributed by atoms with Crippen LogP contribution in [0.2, 0.25) is 0 Å². The fourth-order valence-corrected chi connectivity index (χ4v) is 3.65. The lowest BCUT2D eigenvalue weighted by molar-refractivity contribution is -0.528. The van der Waals surface area contributed by atoms with Gasteiger partial charge in [-0.15, -0.1) is 0 Å². The van der Waals surface area contributed by atoms with Gasteiger partial charge in [0.05, 0.1) is 24.2 Å². The lowest BCUT2D eigenvalue weighted by atomic mass is 10.1. The van der Waals surface area contributed by atoms with Crippen LogP contribution in [0.15, 0.2) is 84.9 Å². The second kappa shape index (κ2) is 9.09. The molecule has 0 aliphatic carbocycles. The van der Waals surface area contributed by atoms with E-state index in [1.165, 1.54) is 12.1 Å². The molecule has 0 radical (unpaired) electrons. The van der Waals surface area contributed by atoms with Crippen molar-refractivity contribution in [2.24, 2.45) is 0 Å². The van der Waals surface area contributed by atoms with E-state index < -0.39 is 11.7 Å². The van der Waals surface area contributed by atoms with Gasteiger partial charge >= 0.3 is 6.18 Å². The maximum atomic E-state index is 13.1. The third kappa shape index (κ3) is 5.16. The first-order chi connectivity index (χ1) is 15.0. The molecule has 0 unspecified atom stereocenters. The van der Waals surface area contributed by atoms with Crippen LogP contribution >= 0.6 is 0 Å². The summed E-state index contributed by atoms with van der Waals surface area (Å²) in [5.41, 5.74) is 2.91. The fourth-order valence-electron chi connectivity index (χ4n) is 3.65. The molecule has 2 nitrogen and oxygen atoms in total. The molecular weight excluding hydrogens is 397 g/mol. The average Bonchev–Trinajstić information content (AvgIpc) is 2.81. The Hall–Kier alpha value is -3.52. The maximum absolute atomic E-state index is 13.1. The molecule has 0 bridgehead atoms. The number of anilines is 1. The van der Waals surface area contributed by atoms with Crippen LogP contribution in [0.4, 0.5) is 18.9 Å². The van der Waals surface area contributed by atoms with E-state index in [1.807, 2.05) is 65.6 Å². The maximum Gasteiger partial charge on any atom is 0.416 e. The molecule has 0 N–H and O–H groups in total. The van der Waals surface area contributed by atoms with E-state index in [4.69, 9.17) is 0 Å². The summed E-state index contributed by atoms with van der Waals surface area (Å²) in [6, 6.07) is 25.4. The number of hydrogen-bond donors (Lipinski definition) is 0. The number of nitrogens with zero attached hydrogens (tertiary/aromatic N) is 2. The summed E-state index contributed by atoms with van der Waals surface area (Å²) < 4.78 is 41.4. The third-order valence-corrected chi connectivity index (χ3v) is 5.28. The SMILES string of the molecule is FC(F)(F)c1cccc(N2CC[N+](=C(C#Cc3ccccc3)c3ccccc3)CC2)c1. The minimum atomic E-state index is -4.33. The van der Waals surface area contributed by atoms with Crippen molar-refractivity contribution in [3.63, 3.8) is 0 Å². The zero-order valence-electron chi connectivity index (χ0n) is 16.9. The van der Waals surface area contributed by atoms with Gasteiger partial charge in [0.15, 0.2) is 13.1 Å². The van der Waals surface area contributed by atoms with E-state index in [1.54, 1.807) is 6.07 Å². The quantitative estimate of drug-likeness (QED) is 0.415. The first kappa shape index (κ1) is 20.7. The summed E-state index contributed by atoms with van der Waals surface area (Å²) in [6.45, 7) is 2.63. The highest BCUT2D eigenvalue weighted by Crippen LogP contribution is 2.31. The summed E-state index contributed by atoms with van der Waals surface area (Å²) in [6.07, 6.45) is -4.33. The smallest absolute Gasteiger partial charge is 0.359 e. The Bertz CT molecular complexity index is 1110. The normalized spacial score (nSPS) is 14.0. The van der Waals surface area contributed by atoms with Gasteiger partial charge in [-0.1, -0.05) is 48.4 Å². The molecule has 0 amide bonds. The Morgan fingerprint density at radius 3 is 2.10 bits per heavy atom. The van der Waals surface area contributed by atoms with Gasteiger partial charge in [-0.25, -0.2) is 4.58 Å². The van der Waals surface area contributed by atoms with E-state index in [9.17, 15) is 13.2 Å². The van der Waals surface area contributed by atoms with Gasteiger partial charge in [0.1, 0.15) is 0 Å². The van der Waals surface area contributed by atoms with Crippen molar-refractivity contribution in [1.29, 1.82) is 0 Å². The van der Waals surface area contributed by atoms with Crippen molar-refractivity contribution >= 4 is 11.4 Å². The van der Waals surface area contributed by atoms with Crippen LogP contribution in [0.1, 0.15) is 16.7 Å². The number of halogens is 3. The zero-order valence-corrected chi connectivity index (χ0v) is 16.9. The van der Waals surface area contributed by atoms with Crippen LogP contribution in [0.25, 0.3) is 0 Å². The Balaban J connectivity index is 1.60. The van der Waals surface area contributed by atoms with Gasteiger partial charge in [0.2, 0.25) is 0 Å². The molecule has 4 rings (SSSR count). The lowest BCUT2D eigenvalue weighted by Gasteiger charge is -2.28. The molecule has 0 atom stereocenters. The molecule has 1 fully saturated rings. The van der Waals surface area contributed by atoms with Crippen molar-refractivity contribution < 1.29 is 17.7 Å². The Morgan fingerprint density at radius 2 is 1.45 bits per heavy atom. The number of alkyl halides is 3. The first-order valence-corrected chi connectivity index (χ1v) is 10.2. The van der Waals surface area contributed by atoms with E-state index in [0.717, 1.165) is 22.9 Å². The van der Waals surface area contributed by atoms with Gasteiger partial charge in [0.25, 0.3) is 5.71 Å². The van der Waals surface area contributed by atoms with Gasteiger partial charge in [-0.3, -0.25) is 0 Å². The number of benzene rings is 3. The van der Waals surface area contributed by atoms with Crippen LogP contribution in [0.5, 0.6) is 0 Å². The molecule has 5 heteroatoms. The Kier molecular flexibility index (Phi) is 6.08. The van der Waals surface area contributed by atoms with Crippen LogP contribution in [-0.4, -0.2) is 36.5 Å². The molecule has 1 heterocycles. The molecule has 156 valence electrons. The zero-order chi connectivity index (χ0) is 21.7. The standard InChI is InChI=1S/C26H22F3N2/c27-26(28,29)23-12-7-13-24(20-23)30-16-18-31(19-17-30)25(22-10-5-2-6-11-22)15-14-21-8-3-1-4-9-21/h1-13,20H,16-19H2/q+1. The number of rotatable bonds is 2. The monoisotopic (exact) mass is 419 g/mol. The highest BCUT2D eigenvalue weighted by Gasteiger charge is 2.31. The highest BCUT2D eigenvalue weighted by molar-refractivity contribution is 6.10. The average molecular weight is 419 g/mol. The Labute approximate surface area is 180 Å². The minimum absolute atomic E-state index is 0.603. The summed E-state index contributed by atoms with van der Waals surface area (Å²) in [7, 11) is 0. The molecule has 0 aromatic heterocycles. The lowest BCUT2D eigenvalue weighted by Crippen LogP contribution is -2.44. The molecule has 0 saturated carbocycles. The third-order valence-electron chi connectivity index (χ3n) is 5.28. The molecule has 1 saturated heterocycles. The van der Waals surface area contributed by atoms with Crippen molar-refractivity contribution in [2.45, 2.75) is 6.18 Å². The molecule has 0 spiro atoms. The summed E-state index contributed by atoms with van der Waals surface area (Å²) in [5, 5.41) is 0. The van der Waals surface area contributed by atoms with Crippen LogP contribution in [0.3, 0.4) is 0 Å². The van der Waals surface area contributed by atoms with Gasteiger partial charge < -0.3 is 4.90 Å². The van der Waals surface area contributed by atoms with E-state index in [-0.39, 0.29) is 0 Å². The molecule has 31 heavy (non-hydrogen) atoms. The summed E-state index contributed by atoms with van der Waals surface area (Å²) >= 11 is 0. The minimum Gasteiger partial charge on any atom is -0.359 e. The highest BCUT2D eigenvalue weighted by atomic mass is 19.4. The van der Waals surface area contributed by atoms with E-state index >= 15 is 0 Å². The van der Waals surface area contributed by atoms with E-state index in [0.29, 0.717) is 31.9 Å². The molecular formula is C26H22F3N2+. The summed E-state index contributed by atoms with van der Waals surface area (Å²) in [4.78, 5) is 2.00. The van der Waals surface area contributed by atoms with Crippen molar-refractivity contribution in [2.75, 3.05) is 31.1 Å². The topological polar surface area (TPSA) is 6.25 Å². The largest absolute Gasteiger partial charge is 0.416 e. The number of piperazine rings is 1. The van der Waals surface area contributed by atoms with Crippen LogP contribution in [0, 0.1) is 11.8 Å². The van der Waals surface area contributed by atoms with E-state index in [2.05, 4.69) is 16.4 Å². The van der Waals surface area contributed by atoms with Crippen LogP contribution in [-0.2, 0) is 6.18 Å². The second-order valence-corrected chi connectivity index (χ2v) is 7.35. The Morgan fingerprint density at radius 1 is 0.806 bits per heavy atom. The van der Waals surface area contributed by atoms with Crippen molar-refractivity contribution in [3.05, 3.63) is 102 Å². The molecule has 3 aromatic rings. The second-order valence-electron chi connectivity index (χ2n) is 7.35. The molecule has 3 aromatic carbocycles. The molecule has 1 aliphatic rings. The van der Waals surface area contributed by atoms with Gasteiger partial charge in [-0.05, 0) is 42.5 Å². The van der Waals surface area contributed by atoms with Gasteiger partial charge in [-0.2, -0.15) is 13.2 Å². The molecule has 1 aliphatic heterocycles. The van der Waals surface area contributed by atoms with Crippen molar-refractivity contribution in [3.8, 4) is 11.8 Å². The van der Waals surface area contributed by atoms with Gasteiger partial charge in [0, 0.05) is 17.2 Å². The number of hydrogen-bond acceptors (Lipinski definition) is 1. The van der Waals surface area contributed by atoms with Crippen LogP contribution < -0.4 is 4.90 Å². The first-order valence-electron chi connectivity index (χ1n) is 10.2. The van der Waals surface area contributed by atoms with Crippen molar-refractivity contribution in [1.82, 2.24) is 0 Å². The fraction of sp³-hybridized carbons (Fsp3) is 0.192.